The first-order valence-corrected chi connectivity index (χ1v) is 11.1. The number of amides is 1. The van der Waals surface area contributed by atoms with Gasteiger partial charge in [-0.1, -0.05) is 36.8 Å². The summed E-state index contributed by atoms with van der Waals surface area (Å²) in [6.07, 6.45) is 3.83. The van der Waals surface area contributed by atoms with Crippen molar-refractivity contribution in [2.24, 2.45) is 18.4 Å². The largest absolute Gasteiger partial charge is 0.419 e. The minimum absolute atomic E-state index is 0.00287. The molecule has 3 aromatic rings. The number of carbonyl (C=O) groups is 1. The van der Waals surface area contributed by atoms with Crippen LogP contribution >= 0.6 is 0 Å². The van der Waals surface area contributed by atoms with Crippen molar-refractivity contribution < 1.29 is 9.21 Å². The standard InChI is InChI=1S/C25H26N4O3/c1-29-21-12-18(7-8-22(21)32-24(29)31)17-5-3-16(4-6-17)11-19(13-26)28-23(30)20-14-27-15-25(20)9-2-10-25/h3-8,12,19-20,27H,2,9-11,14-15H2,1H3,(H,28,30)/t19-,20?/m0/s1. The number of hydrogen-bond donors (Lipinski definition) is 2. The van der Waals surface area contributed by atoms with Gasteiger partial charge in [0.2, 0.25) is 5.91 Å². The number of aromatic nitrogens is 1. The lowest BCUT2D eigenvalue weighted by Gasteiger charge is -2.42. The molecule has 2 aliphatic rings. The highest BCUT2D eigenvalue weighted by Gasteiger charge is 2.50. The monoisotopic (exact) mass is 430 g/mol. The predicted molar refractivity (Wildman–Crippen MR) is 121 cm³/mol. The summed E-state index contributed by atoms with van der Waals surface area (Å²) in [5.74, 6) is -0.422. The molecule has 2 atom stereocenters. The van der Waals surface area contributed by atoms with Crippen LogP contribution in [0.25, 0.3) is 22.2 Å². The normalized spacial score (nSPS) is 20.1. The lowest BCUT2D eigenvalue weighted by Crippen LogP contribution is -2.48. The van der Waals surface area contributed by atoms with E-state index in [1.807, 2.05) is 36.4 Å². The fourth-order valence-corrected chi connectivity index (χ4v) is 5.11. The van der Waals surface area contributed by atoms with Gasteiger partial charge in [-0.15, -0.1) is 0 Å². The van der Waals surface area contributed by atoms with Crippen molar-refractivity contribution in [1.82, 2.24) is 15.2 Å². The lowest BCUT2D eigenvalue weighted by atomic mass is 9.62. The van der Waals surface area contributed by atoms with Crippen LogP contribution in [0.3, 0.4) is 0 Å². The first-order valence-electron chi connectivity index (χ1n) is 11.1. The minimum Gasteiger partial charge on any atom is -0.408 e. The van der Waals surface area contributed by atoms with E-state index in [1.165, 1.54) is 11.0 Å². The molecular formula is C25H26N4O3. The Balaban J connectivity index is 1.27. The minimum atomic E-state index is -0.553. The molecule has 5 rings (SSSR count). The van der Waals surface area contributed by atoms with E-state index in [1.54, 1.807) is 13.1 Å². The van der Waals surface area contributed by atoms with Crippen LogP contribution in [0.1, 0.15) is 24.8 Å². The fraction of sp³-hybridized carbons (Fsp3) is 0.400. The Hall–Kier alpha value is -3.37. The summed E-state index contributed by atoms with van der Waals surface area (Å²) in [6, 6.07) is 15.3. The summed E-state index contributed by atoms with van der Waals surface area (Å²) in [5.41, 5.74) is 4.38. The average Bonchev–Trinajstić information content (AvgIpc) is 3.35. The number of nitrogens with one attached hydrogen (secondary N) is 2. The molecule has 1 aliphatic carbocycles. The van der Waals surface area contributed by atoms with Gasteiger partial charge in [-0.25, -0.2) is 4.79 Å². The third-order valence-corrected chi connectivity index (χ3v) is 7.22. The molecule has 1 amide bonds. The number of nitriles is 1. The molecule has 2 N–H and O–H groups in total. The second-order valence-corrected chi connectivity index (χ2v) is 9.10. The molecule has 1 aliphatic heterocycles. The van der Waals surface area contributed by atoms with Crippen LogP contribution in [0, 0.1) is 22.7 Å². The van der Waals surface area contributed by atoms with E-state index in [4.69, 9.17) is 4.42 Å². The van der Waals surface area contributed by atoms with Crippen LogP contribution in [0.15, 0.2) is 51.7 Å². The van der Waals surface area contributed by atoms with Crippen LogP contribution in [0.2, 0.25) is 0 Å². The Bertz CT molecular complexity index is 1260. The van der Waals surface area contributed by atoms with Gasteiger partial charge in [-0.05, 0) is 47.1 Å². The molecule has 164 valence electrons. The smallest absolute Gasteiger partial charge is 0.408 e. The van der Waals surface area contributed by atoms with Crippen LogP contribution in [-0.2, 0) is 18.3 Å². The van der Waals surface area contributed by atoms with Crippen molar-refractivity contribution in [3.05, 3.63) is 58.6 Å². The zero-order chi connectivity index (χ0) is 22.3. The van der Waals surface area contributed by atoms with Crippen molar-refractivity contribution >= 4 is 17.0 Å². The first-order chi connectivity index (χ1) is 15.5. The highest BCUT2D eigenvalue weighted by molar-refractivity contribution is 5.81. The van der Waals surface area contributed by atoms with E-state index in [0.717, 1.165) is 41.6 Å². The SMILES string of the molecule is Cn1c(=O)oc2ccc(-c3ccc(C[C@@H](C#N)NC(=O)C4CNCC45CCC5)cc3)cc21. The van der Waals surface area contributed by atoms with E-state index < -0.39 is 6.04 Å². The van der Waals surface area contributed by atoms with Gasteiger partial charge in [0.15, 0.2) is 5.58 Å². The molecule has 0 bridgehead atoms. The van der Waals surface area contributed by atoms with Crippen molar-refractivity contribution in [3.63, 3.8) is 0 Å². The average molecular weight is 431 g/mol. The molecule has 1 unspecified atom stereocenters. The number of aryl methyl sites for hydroxylation is 1. The number of benzene rings is 2. The van der Waals surface area contributed by atoms with E-state index in [-0.39, 0.29) is 23.0 Å². The molecule has 1 saturated carbocycles. The van der Waals surface area contributed by atoms with Gasteiger partial charge in [0.25, 0.3) is 0 Å². The molecule has 0 radical (unpaired) electrons. The fourth-order valence-electron chi connectivity index (χ4n) is 5.11. The van der Waals surface area contributed by atoms with Crippen molar-refractivity contribution in [2.75, 3.05) is 13.1 Å². The molecule has 1 spiro atoms. The van der Waals surface area contributed by atoms with Gasteiger partial charge in [-0.2, -0.15) is 5.26 Å². The second-order valence-electron chi connectivity index (χ2n) is 9.10. The maximum Gasteiger partial charge on any atom is 0.419 e. The Morgan fingerprint density at radius 3 is 2.72 bits per heavy atom. The van der Waals surface area contributed by atoms with E-state index in [9.17, 15) is 14.9 Å². The lowest BCUT2D eigenvalue weighted by molar-refractivity contribution is -0.129. The topological polar surface area (TPSA) is 100 Å². The van der Waals surface area contributed by atoms with Crippen molar-refractivity contribution in [3.8, 4) is 17.2 Å². The summed E-state index contributed by atoms with van der Waals surface area (Å²) in [5, 5.41) is 16.0. The summed E-state index contributed by atoms with van der Waals surface area (Å²) in [7, 11) is 1.69. The molecule has 1 saturated heterocycles. The first kappa shape index (κ1) is 20.5. The third-order valence-electron chi connectivity index (χ3n) is 7.22. The zero-order valence-electron chi connectivity index (χ0n) is 18.1. The number of hydrogen-bond acceptors (Lipinski definition) is 5. The predicted octanol–water partition coefficient (Wildman–Crippen LogP) is 2.74. The second kappa shape index (κ2) is 7.95. The number of rotatable bonds is 5. The molecule has 1 aromatic heterocycles. The molecule has 7 nitrogen and oxygen atoms in total. The molecule has 2 aromatic carbocycles. The third kappa shape index (κ3) is 3.51. The number of oxazole rings is 1. The molecular weight excluding hydrogens is 404 g/mol. The van der Waals surface area contributed by atoms with E-state index >= 15 is 0 Å². The van der Waals surface area contributed by atoms with E-state index in [2.05, 4.69) is 16.7 Å². The van der Waals surface area contributed by atoms with Gasteiger partial charge in [0, 0.05) is 26.6 Å². The molecule has 7 heteroatoms. The molecule has 32 heavy (non-hydrogen) atoms. The van der Waals surface area contributed by atoms with Crippen LogP contribution in [-0.4, -0.2) is 29.6 Å². The van der Waals surface area contributed by atoms with Gasteiger partial charge < -0.3 is 15.1 Å². The summed E-state index contributed by atoms with van der Waals surface area (Å²) < 4.78 is 6.68. The van der Waals surface area contributed by atoms with Gasteiger partial charge in [-0.3, -0.25) is 9.36 Å². The number of nitrogens with zero attached hydrogens (tertiary/aromatic N) is 2. The maximum atomic E-state index is 12.9. The summed E-state index contributed by atoms with van der Waals surface area (Å²) in [6.45, 7) is 1.60. The Labute approximate surface area is 186 Å². The Morgan fingerprint density at radius 2 is 2.03 bits per heavy atom. The quantitative estimate of drug-likeness (QED) is 0.648. The summed E-state index contributed by atoms with van der Waals surface area (Å²) >= 11 is 0. The number of carbonyl (C=O) groups excluding carboxylic acids is 1. The van der Waals surface area contributed by atoms with E-state index in [0.29, 0.717) is 18.5 Å². The van der Waals surface area contributed by atoms with Gasteiger partial charge >= 0.3 is 5.76 Å². The number of fused-ring (bicyclic) bond motifs is 1. The zero-order valence-corrected chi connectivity index (χ0v) is 18.1. The molecule has 2 heterocycles. The van der Waals surface area contributed by atoms with Gasteiger partial charge in [0.1, 0.15) is 6.04 Å². The van der Waals surface area contributed by atoms with Crippen molar-refractivity contribution in [1.29, 1.82) is 5.26 Å². The van der Waals surface area contributed by atoms with Gasteiger partial charge in [0.05, 0.1) is 17.5 Å². The highest BCUT2D eigenvalue weighted by atomic mass is 16.4. The van der Waals surface area contributed by atoms with Crippen LogP contribution in [0.4, 0.5) is 0 Å². The van der Waals surface area contributed by atoms with Crippen LogP contribution in [0.5, 0.6) is 0 Å². The highest BCUT2D eigenvalue weighted by Crippen LogP contribution is 2.49. The molecule has 2 fully saturated rings. The Kier molecular flexibility index (Phi) is 5.10. The Morgan fingerprint density at radius 1 is 1.28 bits per heavy atom. The summed E-state index contributed by atoms with van der Waals surface area (Å²) in [4.78, 5) is 24.6. The maximum absolute atomic E-state index is 12.9. The van der Waals surface area contributed by atoms with Crippen molar-refractivity contribution in [2.45, 2.75) is 31.7 Å². The van der Waals surface area contributed by atoms with Crippen LogP contribution < -0.4 is 16.4 Å².